The molecule has 0 radical (unpaired) electrons. The van der Waals surface area contributed by atoms with Gasteiger partial charge in [0, 0.05) is 4.92 Å². The molecular weight excluding hydrogens is 150 g/mol. The molecule has 66 valence electrons. The Hall–Kier alpha value is -0.680. The fourth-order valence-electron chi connectivity index (χ4n) is 0.880. The van der Waals surface area contributed by atoms with Gasteiger partial charge in [-0.25, -0.2) is 0 Å². The minimum Gasteiger partial charge on any atom is -0.386 e. The van der Waals surface area contributed by atoms with Crippen molar-refractivity contribution in [3.63, 3.8) is 0 Å². The summed E-state index contributed by atoms with van der Waals surface area (Å²) in [5.74, 6) is 0. The monoisotopic (exact) mass is 163 g/mol. The molecule has 0 aromatic carbocycles. The molecule has 0 spiro atoms. The number of hydrogen-bond acceptors (Lipinski definition) is 4. The van der Waals surface area contributed by atoms with Gasteiger partial charge in [0.25, 0.3) is 6.04 Å². The van der Waals surface area contributed by atoms with Crippen LogP contribution in [-0.4, -0.2) is 33.4 Å². The topological polar surface area (TPSA) is 83.6 Å². The van der Waals surface area contributed by atoms with Crippen LogP contribution in [0, 0.1) is 10.1 Å². The van der Waals surface area contributed by atoms with Crippen molar-refractivity contribution in [1.82, 2.24) is 0 Å². The molecule has 0 aliphatic carbocycles. The fraction of sp³-hybridized carbons (Fsp3) is 1.00. The third-order valence-electron chi connectivity index (χ3n) is 1.55. The molecule has 2 N–H and O–H groups in total. The van der Waals surface area contributed by atoms with E-state index in [0.717, 1.165) is 0 Å². The van der Waals surface area contributed by atoms with E-state index in [-0.39, 0.29) is 6.42 Å². The summed E-state index contributed by atoms with van der Waals surface area (Å²) in [6, 6.07) is -1.26. The molecule has 0 aliphatic rings. The van der Waals surface area contributed by atoms with Crippen molar-refractivity contribution in [3.05, 3.63) is 10.1 Å². The summed E-state index contributed by atoms with van der Waals surface area (Å²) in [6.45, 7) is 2.93. The standard InChI is InChI=1S/C6H13NO4/c1-3-5(9)6(4(2)8)7(10)11/h4-6,8-9H,3H2,1-2H3. The molecule has 0 bridgehead atoms. The highest BCUT2D eigenvalue weighted by Gasteiger charge is 2.33. The van der Waals surface area contributed by atoms with E-state index in [4.69, 9.17) is 10.2 Å². The molecule has 0 fully saturated rings. The molecule has 3 unspecified atom stereocenters. The van der Waals surface area contributed by atoms with Gasteiger partial charge in [-0.1, -0.05) is 6.92 Å². The normalized spacial score (nSPS) is 18.9. The average Bonchev–Trinajstić information content (AvgIpc) is 1.85. The number of hydrogen-bond donors (Lipinski definition) is 2. The van der Waals surface area contributed by atoms with Crippen molar-refractivity contribution in [2.45, 2.75) is 38.5 Å². The Balaban J connectivity index is 4.21. The van der Waals surface area contributed by atoms with Crippen molar-refractivity contribution in [3.8, 4) is 0 Å². The van der Waals surface area contributed by atoms with Crippen molar-refractivity contribution in [2.75, 3.05) is 0 Å². The molecular formula is C6H13NO4. The van der Waals surface area contributed by atoms with Gasteiger partial charge in [0.05, 0.1) is 0 Å². The van der Waals surface area contributed by atoms with Crippen LogP contribution in [0.15, 0.2) is 0 Å². The van der Waals surface area contributed by atoms with Gasteiger partial charge in [-0.05, 0) is 13.3 Å². The van der Waals surface area contributed by atoms with E-state index in [2.05, 4.69) is 0 Å². The van der Waals surface area contributed by atoms with Gasteiger partial charge in [-0.3, -0.25) is 10.1 Å². The zero-order chi connectivity index (χ0) is 9.02. The Morgan fingerprint density at radius 3 is 2.09 bits per heavy atom. The lowest BCUT2D eigenvalue weighted by Gasteiger charge is -2.16. The summed E-state index contributed by atoms with van der Waals surface area (Å²) in [5.41, 5.74) is 0. The third kappa shape index (κ3) is 2.81. The molecule has 0 heterocycles. The lowest BCUT2D eigenvalue weighted by Crippen LogP contribution is -2.41. The summed E-state index contributed by atoms with van der Waals surface area (Å²) in [6.07, 6.45) is -1.90. The van der Waals surface area contributed by atoms with E-state index in [0.29, 0.717) is 0 Å². The minimum atomic E-state index is -1.26. The number of rotatable bonds is 4. The summed E-state index contributed by atoms with van der Waals surface area (Å²) < 4.78 is 0. The molecule has 0 saturated heterocycles. The summed E-state index contributed by atoms with van der Waals surface area (Å²) in [5, 5.41) is 28.2. The predicted molar refractivity (Wildman–Crippen MR) is 38.8 cm³/mol. The van der Waals surface area contributed by atoms with Crippen molar-refractivity contribution in [1.29, 1.82) is 0 Å². The maximum Gasteiger partial charge on any atom is 0.263 e. The number of nitrogens with zero attached hydrogens (tertiary/aromatic N) is 1. The smallest absolute Gasteiger partial charge is 0.263 e. The average molecular weight is 163 g/mol. The second-order valence-corrected chi connectivity index (χ2v) is 2.49. The molecule has 0 aromatic rings. The summed E-state index contributed by atoms with van der Waals surface area (Å²) >= 11 is 0. The molecule has 0 amide bonds. The van der Waals surface area contributed by atoms with E-state index in [1.54, 1.807) is 6.92 Å². The quantitative estimate of drug-likeness (QED) is 0.443. The van der Waals surface area contributed by atoms with E-state index in [9.17, 15) is 10.1 Å². The molecule has 5 heteroatoms. The largest absolute Gasteiger partial charge is 0.386 e. The number of aliphatic hydroxyl groups is 2. The predicted octanol–water partition coefficient (Wildman–Crippen LogP) is -0.217. The van der Waals surface area contributed by atoms with E-state index < -0.39 is 23.2 Å². The first-order valence-corrected chi connectivity index (χ1v) is 3.50. The fourth-order valence-corrected chi connectivity index (χ4v) is 0.880. The highest BCUT2D eigenvalue weighted by Crippen LogP contribution is 2.06. The van der Waals surface area contributed by atoms with Crippen LogP contribution in [0.2, 0.25) is 0 Å². The SMILES string of the molecule is CCC(O)C(C(C)O)[N+](=O)[O-]. The van der Waals surface area contributed by atoms with Crippen LogP contribution in [0.3, 0.4) is 0 Å². The second kappa shape index (κ2) is 4.25. The maximum absolute atomic E-state index is 10.2. The molecule has 3 atom stereocenters. The molecule has 5 nitrogen and oxygen atoms in total. The van der Waals surface area contributed by atoms with Crippen LogP contribution in [0.4, 0.5) is 0 Å². The van der Waals surface area contributed by atoms with Gasteiger partial charge in [0.15, 0.2) is 0 Å². The summed E-state index contributed by atoms with van der Waals surface area (Å²) in [4.78, 5) is 9.57. The minimum absolute atomic E-state index is 0.274. The van der Waals surface area contributed by atoms with Gasteiger partial charge < -0.3 is 10.2 Å². The van der Waals surface area contributed by atoms with Gasteiger partial charge in [-0.15, -0.1) is 0 Å². The van der Waals surface area contributed by atoms with Gasteiger partial charge in [-0.2, -0.15) is 0 Å². The Labute approximate surface area is 64.8 Å². The molecule has 11 heavy (non-hydrogen) atoms. The van der Waals surface area contributed by atoms with E-state index in [1.807, 2.05) is 0 Å². The number of aliphatic hydroxyl groups excluding tert-OH is 2. The van der Waals surface area contributed by atoms with Crippen molar-refractivity contribution >= 4 is 0 Å². The molecule has 0 saturated carbocycles. The second-order valence-electron chi connectivity index (χ2n) is 2.49. The molecule has 0 aliphatic heterocycles. The van der Waals surface area contributed by atoms with Gasteiger partial charge in [0.2, 0.25) is 0 Å². The Morgan fingerprint density at radius 1 is 1.55 bits per heavy atom. The highest BCUT2D eigenvalue weighted by atomic mass is 16.6. The first-order valence-electron chi connectivity index (χ1n) is 3.50. The van der Waals surface area contributed by atoms with Crippen LogP contribution in [-0.2, 0) is 0 Å². The molecule has 0 aromatic heterocycles. The van der Waals surface area contributed by atoms with Crippen LogP contribution >= 0.6 is 0 Å². The zero-order valence-electron chi connectivity index (χ0n) is 6.60. The Morgan fingerprint density at radius 2 is 2.00 bits per heavy atom. The van der Waals surface area contributed by atoms with E-state index >= 15 is 0 Å². The van der Waals surface area contributed by atoms with Crippen LogP contribution in [0.25, 0.3) is 0 Å². The Kier molecular flexibility index (Phi) is 3.99. The first kappa shape index (κ1) is 10.3. The lowest BCUT2D eigenvalue weighted by molar-refractivity contribution is -0.545. The summed E-state index contributed by atoms with van der Waals surface area (Å²) in [7, 11) is 0. The van der Waals surface area contributed by atoms with Gasteiger partial charge >= 0.3 is 0 Å². The van der Waals surface area contributed by atoms with Crippen LogP contribution < -0.4 is 0 Å². The zero-order valence-corrected chi connectivity index (χ0v) is 6.60. The van der Waals surface area contributed by atoms with Crippen LogP contribution in [0.5, 0.6) is 0 Å². The molecule has 0 rings (SSSR count). The van der Waals surface area contributed by atoms with Gasteiger partial charge in [0.1, 0.15) is 12.2 Å². The van der Waals surface area contributed by atoms with Crippen molar-refractivity contribution < 1.29 is 15.1 Å². The third-order valence-corrected chi connectivity index (χ3v) is 1.55. The highest BCUT2D eigenvalue weighted by molar-refractivity contribution is 4.71. The van der Waals surface area contributed by atoms with Crippen LogP contribution in [0.1, 0.15) is 20.3 Å². The Bertz CT molecular complexity index is 137. The number of nitro groups is 1. The lowest BCUT2D eigenvalue weighted by atomic mass is 10.1. The maximum atomic E-state index is 10.2. The van der Waals surface area contributed by atoms with E-state index in [1.165, 1.54) is 6.92 Å². The first-order chi connectivity index (χ1) is 5.00. The van der Waals surface area contributed by atoms with Crippen molar-refractivity contribution in [2.24, 2.45) is 0 Å².